The first kappa shape index (κ1) is 27.3. The van der Waals surface area contributed by atoms with Gasteiger partial charge >= 0.3 is 12.3 Å². The van der Waals surface area contributed by atoms with Crippen molar-refractivity contribution in [2.75, 3.05) is 37.6 Å². The molecule has 3 fully saturated rings. The van der Waals surface area contributed by atoms with Crippen LogP contribution in [-0.2, 0) is 16.0 Å². The van der Waals surface area contributed by atoms with E-state index in [4.69, 9.17) is 14.6 Å². The molecule has 1 atom stereocenters. The topological polar surface area (TPSA) is 69.7 Å². The summed E-state index contributed by atoms with van der Waals surface area (Å²) < 4.78 is 38.7. The van der Waals surface area contributed by atoms with Crippen molar-refractivity contribution in [3.05, 3.63) is 78.9 Å². The molecule has 3 saturated heterocycles. The summed E-state index contributed by atoms with van der Waals surface area (Å²) in [5.74, 6) is -2.51. The summed E-state index contributed by atoms with van der Waals surface area (Å²) in [6.07, 6.45) is -0.311. The Morgan fingerprint density at radius 1 is 1.06 bits per heavy atom. The number of hydrogen-bond acceptors (Lipinski definition) is 4. The largest absolute Gasteiger partial charge is 0.542 e. The van der Waals surface area contributed by atoms with Crippen molar-refractivity contribution >= 4 is 17.7 Å². The zero-order chi connectivity index (χ0) is 26.2. The first-order chi connectivity index (χ1) is 17.1. The predicted octanol–water partition coefficient (Wildman–Crippen LogP) is 3.97. The van der Waals surface area contributed by atoms with E-state index >= 15 is 0 Å². The molecule has 2 aromatic rings. The van der Waals surface area contributed by atoms with Crippen LogP contribution in [0.2, 0.25) is 0 Å². The van der Waals surface area contributed by atoms with E-state index in [0.29, 0.717) is 12.5 Å². The molecule has 5 rings (SSSR count). The van der Waals surface area contributed by atoms with Gasteiger partial charge in [-0.1, -0.05) is 55.1 Å². The second-order valence-electron chi connectivity index (χ2n) is 9.21. The number of rotatable bonds is 7. The summed E-state index contributed by atoms with van der Waals surface area (Å²) in [4.78, 5) is 23.8. The summed E-state index contributed by atoms with van der Waals surface area (Å²) in [5, 5.41) is 8.78. The maximum Gasteiger partial charge on any atom is 0.430 e. The average Bonchev–Trinajstić information content (AvgIpc) is 2.86. The van der Waals surface area contributed by atoms with Crippen LogP contribution in [0.1, 0.15) is 18.4 Å². The number of piperidine rings is 3. The van der Waals surface area contributed by atoms with Crippen LogP contribution in [0.25, 0.3) is 0 Å². The molecule has 2 aromatic carbocycles. The van der Waals surface area contributed by atoms with Gasteiger partial charge in [-0.15, -0.1) is 0 Å². The van der Waals surface area contributed by atoms with Crippen LogP contribution in [0, 0.1) is 5.92 Å². The van der Waals surface area contributed by atoms with E-state index in [-0.39, 0.29) is 12.2 Å². The highest BCUT2D eigenvalue weighted by Crippen LogP contribution is 2.36. The number of amides is 1. The lowest BCUT2D eigenvalue weighted by molar-refractivity contribution is -0.941. The van der Waals surface area contributed by atoms with E-state index in [0.717, 1.165) is 42.5 Å². The van der Waals surface area contributed by atoms with Gasteiger partial charge in [0.15, 0.2) is 6.10 Å². The maximum atomic E-state index is 13.2. The Kier molecular flexibility index (Phi) is 9.14. The first-order valence-electron chi connectivity index (χ1n) is 11.9. The third kappa shape index (κ3) is 7.34. The van der Waals surface area contributed by atoms with Crippen LogP contribution in [0.3, 0.4) is 0 Å². The lowest BCUT2D eigenvalue weighted by atomic mass is 9.83. The number of fused-ring (bicyclic) bond motifs is 3. The van der Waals surface area contributed by atoms with Gasteiger partial charge in [0, 0.05) is 31.0 Å². The maximum absolute atomic E-state index is 13.2. The van der Waals surface area contributed by atoms with Crippen LogP contribution in [0.5, 0.6) is 0 Å². The molecule has 9 heteroatoms. The lowest BCUT2D eigenvalue weighted by Gasteiger charge is -2.51. The van der Waals surface area contributed by atoms with Gasteiger partial charge in [-0.25, -0.2) is 4.79 Å². The molecule has 36 heavy (non-hydrogen) atoms. The summed E-state index contributed by atoms with van der Waals surface area (Å²) >= 11 is 0. The van der Waals surface area contributed by atoms with Crippen molar-refractivity contribution in [3.8, 4) is 0 Å². The van der Waals surface area contributed by atoms with E-state index in [1.54, 1.807) is 4.90 Å². The van der Waals surface area contributed by atoms with Crippen molar-refractivity contribution < 1.29 is 37.1 Å². The monoisotopic (exact) mass is 504 g/mol. The van der Waals surface area contributed by atoms with Crippen LogP contribution < -0.4 is 10.0 Å². The Labute approximate surface area is 209 Å². The molecule has 0 unspecified atom stereocenters. The molecule has 0 radical (unpaired) electrons. The first-order valence-corrected chi connectivity index (χ1v) is 11.9. The quantitative estimate of drug-likeness (QED) is 0.423. The number of nitrogens with zero attached hydrogens (tertiary/aromatic N) is 2. The second-order valence-corrected chi connectivity index (χ2v) is 9.21. The van der Waals surface area contributed by atoms with Crippen LogP contribution >= 0.6 is 0 Å². The minimum atomic E-state index is -5.19. The fraction of sp³-hybridized carbons (Fsp3) is 0.407. The number of carboxylic acid groups (broad SMARTS) is 1. The van der Waals surface area contributed by atoms with Crippen molar-refractivity contribution in [2.45, 2.75) is 31.5 Å². The standard InChI is InChI=1S/C25H31N2O2.C2HF3O2/c1-2-17-27-18-14-22(15-19-27)24(20-27)29-25(28)26(23-11-7-4-8-12-23)16-13-21-9-5-3-6-10-21;3-2(4,5)1(6)7/h2-12,22,24H,1,13-20H2;(H,6,7)/q+1;/p-1/t22?,24-,27?;/m0./s1. The summed E-state index contributed by atoms with van der Waals surface area (Å²) in [7, 11) is 0. The number of ether oxygens (including phenoxy) is 1. The van der Waals surface area contributed by atoms with Gasteiger partial charge in [-0.05, 0) is 30.2 Å². The van der Waals surface area contributed by atoms with Gasteiger partial charge in [0.1, 0.15) is 12.5 Å². The van der Waals surface area contributed by atoms with Gasteiger partial charge in [0.2, 0.25) is 0 Å². The molecule has 3 aliphatic heterocycles. The van der Waals surface area contributed by atoms with Crippen LogP contribution in [0.15, 0.2) is 73.3 Å². The number of hydrogen-bond donors (Lipinski definition) is 0. The fourth-order valence-corrected chi connectivity index (χ4v) is 4.90. The van der Waals surface area contributed by atoms with Crippen LogP contribution in [0.4, 0.5) is 23.7 Å². The molecular weight excluding hydrogens is 473 g/mol. The minimum absolute atomic E-state index is 0.00730. The summed E-state index contributed by atoms with van der Waals surface area (Å²) in [5.41, 5.74) is 2.12. The predicted molar refractivity (Wildman–Crippen MR) is 128 cm³/mol. The number of carbonyl (C=O) groups is 2. The number of quaternary nitrogens is 1. The highest BCUT2D eigenvalue weighted by molar-refractivity contribution is 5.87. The van der Waals surface area contributed by atoms with Gasteiger partial charge in [-0.2, -0.15) is 13.2 Å². The van der Waals surface area contributed by atoms with E-state index < -0.39 is 12.1 Å². The van der Waals surface area contributed by atoms with E-state index in [9.17, 15) is 18.0 Å². The molecule has 0 aliphatic carbocycles. The summed E-state index contributed by atoms with van der Waals surface area (Å²) in [6, 6.07) is 20.2. The molecule has 0 N–H and O–H groups in total. The molecule has 0 spiro atoms. The zero-order valence-corrected chi connectivity index (χ0v) is 20.0. The number of para-hydroxylation sites is 1. The zero-order valence-electron chi connectivity index (χ0n) is 20.0. The third-order valence-electron chi connectivity index (χ3n) is 6.80. The smallest absolute Gasteiger partial charge is 0.430 e. The fourth-order valence-electron chi connectivity index (χ4n) is 4.90. The summed E-state index contributed by atoms with van der Waals surface area (Å²) in [6.45, 7) is 8.80. The van der Waals surface area contributed by atoms with E-state index in [2.05, 4.69) is 18.7 Å². The van der Waals surface area contributed by atoms with Gasteiger partial charge in [-0.3, -0.25) is 4.90 Å². The highest BCUT2D eigenvalue weighted by Gasteiger charge is 2.47. The SMILES string of the molecule is C=CC[N+]12CCC(CC1)[C@@H](OC(=O)N(CCc1ccccc1)c1ccccc1)C2.O=C([O-])C(F)(F)F. The molecule has 3 aliphatic rings. The molecular formula is C27H31F3N2O4. The lowest BCUT2D eigenvalue weighted by Crippen LogP contribution is -2.64. The van der Waals surface area contributed by atoms with E-state index in [1.807, 2.05) is 54.6 Å². The Balaban J connectivity index is 0.000000454. The van der Waals surface area contributed by atoms with E-state index in [1.165, 1.54) is 18.7 Å². The number of aliphatic carboxylic acids is 1. The Morgan fingerprint density at radius 3 is 2.14 bits per heavy atom. The van der Waals surface area contributed by atoms with Crippen molar-refractivity contribution in [1.29, 1.82) is 0 Å². The number of anilines is 1. The molecule has 1 amide bonds. The number of benzene rings is 2. The number of carbonyl (C=O) groups excluding carboxylic acids is 2. The average molecular weight is 505 g/mol. The minimum Gasteiger partial charge on any atom is -0.542 e. The van der Waals surface area contributed by atoms with Crippen molar-refractivity contribution in [3.63, 3.8) is 0 Å². The van der Waals surface area contributed by atoms with Gasteiger partial charge < -0.3 is 19.1 Å². The van der Waals surface area contributed by atoms with Gasteiger partial charge in [0.25, 0.3) is 0 Å². The Bertz CT molecular complexity index is 1010. The normalized spacial score (nSPS) is 22.6. The Hall–Kier alpha value is -3.33. The van der Waals surface area contributed by atoms with Crippen molar-refractivity contribution in [1.82, 2.24) is 0 Å². The third-order valence-corrected chi connectivity index (χ3v) is 6.80. The number of carboxylic acids is 1. The number of halogens is 3. The molecule has 0 aromatic heterocycles. The molecule has 3 heterocycles. The number of alkyl halides is 3. The second kappa shape index (κ2) is 12.1. The van der Waals surface area contributed by atoms with Crippen molar-refractivity contribution in [2.24, 2.45) is 5.92 Å². The molecule has 2 bridgehead atoms. The van der Waals surface area contributed by atoms with Crippen LogP contribution in [-0.4, -0.2) is 61.5 Å². The molecule has 0 saturated carbocycles. The molecule has 194 valence electrons. The Morgan fingerprint density at radius 2 is 1.61 bits per heavy atom. The molecule has 6 nitrogen and oxygen atoms in total. The van der Waals surface area contributed by atoms with Gasteiger partial charge in [0.05, 0.1) is 19.6 Å². The highest BCUT2D eigenvalue weighted by atomic mass is 19.4.